The van der Waals surface area contributed by atoms with Crippen LogP contribution in [0.1, 0.15) is 0 Å². The quantitative estimate of drug-likeness (QED) is 0.711. The Bertz CT molecular complexity index is 795. The lowest BCUT2D eigenvalue weighted by Crippen LogP contribution is -2.49. The molecule has 0 bridgehead atoms. The molecule has 1 aliphatic heterocycles. The predicted molar refractivity (Wildman–Crippen MR) is 103 cm³/mol. The fraction of sp³-hybridized carbons (Fsp3) is 0.350. The number of aromatic nitrogens is 2. The number of nitrogens with zero attached hydrogens (tertiary/aromatic N) is 3. The molecule has 1 unspecified atom stereocenters. The van der Waals surface area contributed by atoms with Gasteiger partial charge in [0, 0.05) is 32.7 Å². The summed E-state index contributed by atoms with van der Waals surface area (Å²) in [6.45, 7) is 4.53. The Balaban J connectivity index is 1.25. The summed E-state index contributed by atoms with van der Waals surface area (Å²) in [5.74, 6) is 1.72. The zero-order chi connectivity index (χ0) is 17.8. The molecule has 6 nitrogen and oxygen atoms in total. The van der Waals surface area contributed by atoms with E-state index in [-0.39, 0.29) is 0 Å². The Morgan fingerprint density at radius 3 is 2.50 bits per heavy atom. The van der Waals surface area contributed by atoms with Gasteiger partial charge in [0.05, 0.1) is 11.0 Å². The van der Waals surface area contributed by atoms with Crippen molar-refractivity contribution >= 4 is 17.0 Å². The van der Waals surface area contributed by atoms with Gasteiger partial charge in [-0.25, -0.2) is 4.98 Å². The molecule has 0 spiro atoms. The van der Waals surface area contributed by atoms with Gasteiger partial charge >= 0.3 is 0 Å². The number of fused-ring (bicyclic) bond motifs is 1. The highest BCUT2D eigenvalue weighted by molar-refractivity contribution is 5.77. The van der Waals surface area contributed by atoms with Crippen LogP contribution in [-0.4, -0.2) is 65.4 Å². The number of hydrogen-bond acceptors (Lipinski definition) is 5. The topological polar surface area (TPSA) is 64.6 Å². The van der Waals surface area contributed by atoms with Crippen molar-refractivity contribution in [2.75, 3.05) is 44.2 Å². The maximum Gasteiger partial charge on any atom is 0.203 e. The van der Waals surface area contributed by atoms with Crippen LogP contribution >= 0.6 is 0 Å². The van der Waals surface area contributed by atoms with Gasteiger partial charge in [-0.2, -0.15) is 0 Å². The second-order valence-electron chi connectivity index (χ2n) is 6.64. The summed E-state index contributed by atoms with van der Waals surface area (Å²) in [5, 5.41) is 10.2. The molecule has 1 atom stereocenters. The molecule has 2 N–H and O–H groups in total. The van der Waals surface area contributed by atoms with Crippen molar-refractivity contribution < 1.29 is 9.84 Å². The van der Waals surface area contributed by atoms with Crippen molar-refractivity contribution in [3.63, 3.8) is 0 Å². The van der Waals surface area contributed by atoms with Crippen molar-refractivity contribution in [3.05, 3.63) is 54.6 Å². The van der Waals surface area contributed by atoms with Crippen molar-refractivity contribution in [1.82, 2.24) is 14.9 Å². The first-order valence-corrected chi connectivity index (χ1v) is 9.06. The molecule has 1 aliphatic rings. The lowest BCUT2D eigenvalue weighted by molar-refractivity contribution is 0.0662. The van der Waals surface area contributed by atoms with Crippen LogP contribution in [0.25, 0.3) is 11.0 Å². The van der Waals surface area contributed by atoms with E-state index in [2.05, 4.69) is 19.8 Å². The van der Waals surface area contributed by atoms with Gasteiger partial charge in [0.25, 0.3) is 0 Å². The fourth-order valence-corrected chi connectivity index (χ4v) is 3.29. The number of hydrogen-bond donors (Lipinski definition) is 2. The van der Waals surface area contributed by atoms with Crippen LogP contribution in [0.2, 0.25) is 0 Å². The number of β-amino-alcohol motifs (C(OH)–C–C–N with tert-alkyl or cyclic N) is 1. The summed E-state index contributed by atoms with van der Waals surface area (Å²) in [7, 11) is 0. The molecule has 26 heavy (non-hydrogen) atoms. The van der Waals surface area contributed by atoms with E-state index in [4.69, 9.17) is 4.74 Å². The van der Waals surface area contributed by atoms with E-state index in [0.717, 1.165) is 48.9 Å². The number of nitrogens with one attached hydrogen (secondary N) is 1. The van der Waals surface area contributed by atoms with Crippen LogP contribution in [0.15, 0.2) is 54.6 Å². The molecule has 2 aromatic carbocycles. The van der Waals surface area contributed by atoms with Gasteiger partial charge in [-0.15, -0.1) is 0 Å². The van der Waals surface area contributed by atoms with Crippen LogP contribution in [0.4, 0.5) is 5.95 Å². The third kappa shape index (κ3) is 3.98. The molecular weight excluding hydrogens is 328 g/mol. The lowest BCUT2D eigenvalue weighted by atomic mass is 10.2. The summed E-state index contributed by atoms with van der Waals surface area (Å²) < 4.78 is 5.63. The van der Waals surface area contributed by atoms with E-state index < -0.39 is 6.10 Å². The second kappa shape index (κ2) is 7.76. The number of aromatic amines is 1. The van der Waals surface area contributed by atoms with Gasteiger partial charge in [0.2, 0.25) is 5.95 Å². The zero-order valence-electron chi connectivity index (χ0n) is 14.7. The minimum atomic E-state index is -0.493. The normalized spacial score (nSPS) is 16.7. The third-order valence-corrected chi connectivity index (χ3v) is 4.70. The molecule has 6 heteroatoms. The highest BCUT2D eigenvalue weighted by Gasteiger charge is 2.21. The lowest BCUT2D eigenvalue weighted by Gasteiger charge is -2.35. The maximum atomic E-state index is 10.2. The summed E-state index contributed by atoms with van der Waals surface area (Å²) in [5.41, 5.74) is 2.07. The summed E-state index contributed by atoms with van der Waals surface area (Å²) in [6.07, 6.45) is -0.493. The number of aliphatic hydroxyl groups excluding tert-OH is 1. The monoisotopic (exact) mass is 352 g/mol. The standard InChI is InChI=1S/C20H24N4O2/c25-16(15-26-17-6-2-1-3-7-17)14-23-10-12-24(13-11-23)20-21-18-8-4-5-9-19(18)22-20/h1-9,16,25H,10-15H2,(H,21,22). The molecule has 1 fully saturated rings. The van der Waals surface area contributed by atoms with E-state index in [1.807, 2.05) is 54.6 Å². The Morgan fingerprint density at radius 2 is 1.73 bits per heavy atom. The number of H-pyrrole nitrogens is 1. The van der Waals surface area contributed by atoms with Crippen molar-refractivity contribution in [1.29, 1.82) is 0 Å². The van der Waals surface area contributed by atoms with E-state index in [9.17, 15) is 5.11 Å². The summed E-state index contributed by atoms with van der Waals surface area (Å²) >= 11 is 0. The zero-order valence-corrected chi connectivity index (χ0v) is 14.7. The molecule has 136 valence electrons. The number of imidazole rings is 1. The van der Waals surface area contributed by atoms with Gasteiger partial charge in [0.1, 0.15) is 18.5 Å². The minimum absolute atomic E-state index is 0.313. The summed E-state index contributed by atoms with van der Waals surface area (Å²) in [6, 6.07) is 17.7. The molecule has 4 rings (SSSR count). The smallest absolute Gasteiger partial charge is 0.203 e. The third-order valence-electron chi connectivity index (χ3n) is 4.70. The molecule has 0 amide bonds. The van der Waals surface area contributed by atoms with Gasteiger partial charge in [0.15, 0.2) is 0 Å². The minimum Gasteiger partial charge on any atom is -0.491 e. The number of ether oxygens (including phenoxy) is 1. The Kier molecular flexibility index (Phi) is 5.04. The van der Waals surface area contributed by atoms with Crippen LogP contribution in [0, 0.1) is 0 Å². The average Bonchev–Trinajstić information content (AvgIpc) is 3.12. The molecule has 0 aliphatic carbocycles. The molecule has 1 aromatic heterocycles. The number of para-hydroxylation sites is 3. The fourth-order valence-electron chi connectivity index (χ4n) is 3.29. The van der Waals surface area contributed by atoms with E-state index in [1.165, 1.54) is 0 Å². The first-order chi connectivity index (χ1) is 12.8. The Hall–Kier alpha value is -2.57. The van der Waals surface area contributed by atoms with Crippen LogP contribution in [0.5, 0.6) is 5.75 Å². The van der Waals surface area contributed by atoms with Gasteiger partial charge in [-0.3, -0.25) is 4.90 Å². The Morgan fingerprint density at radius 1 is 1.00 bits per heavy atom. The van der Waals surface area contributed by atoms with Crippen molar-refractivity contribution in [2.45, 2.75) is 6.10 Å². The predicted octanol–water partition coefficient (Wildman–Crippen LogP) is 2.12. The maximum absolute atomic E-state index is 10.2. The molecular formula is C20H24N4O2. The first-order valence-electron chi connectivity index (χ1n) is 9.06. The number of piperazine rings is 1. The Labute approximate surface area is 153 Å². The highest BCUT2D eigenvalue weighted by atomic mass is 16.5. The molecule has 0 radical (unpaired) electrons. The number of aliphatic hydroxyl groups is 1. The SMILES string of the molecule is OC(COc1ccccc1)CN1CCN(c2nc3ccccc3[nH]2)CC1. The molecule has 2 heterocycles. The van der Waals surface area contributed by atoms with Gasteiger partial charge < -0.3 is 19.7 Å². The van der Waals surface area contributed by atoms with Crippen LogP contribution in [-0.2, 0) is 0 Å². The van der Waals surface area contributed by atoms with E-state index in [0.29, 0.717) is 13.2 Å². The average molecular weight is 352 g/mol. The van der Waals surface area contributed by atoms with Crippen molar-refractivity contribution in [2.24, 2.45) is 0 Å². The largest absolute Gasteiger partial charge is 0.491 e. The number of benzene rings is 2. The molecule has 3 aromatic rings. The first kappa shape index (κ1) is 16.9. The highest BCUT2D eigenvalue weighted by Crippen LogP contribution is 2.18. The van der Waals surface area contributed by atoms with Crippen LogP contribution in [0.3, 0.4) is 0 Å². The van der Waals surface area contributed by atoms with Gasteiger partial charge in [-0.1, -0.05) is 30.3 Å². The van der Waals surface area contributed by atoms with E-state index >= 15 is 0 Å². The molecule has 0 saturated carbocycles. The van der Waals surface area contributed by atoms with E-state index in [1.54, 1.807) is 0 Å². The summed E-state index contributed by atoms with van der Waals surface area (Å²) in [4.78, 5) is 12.6. The number of anilines is 1. The van der Waals surface area contributed by atoms with Crippen LogP contribution < -0.4 is 9.64 Å². The van der Waals surface area contributed by atoms with Crippen molar-refractivity contribution in [3.8, 4) is 5.75 Å². The molecule has 1 saturated heterocycles. The number of rotatable bonds is 6. The van der Waals surface area contributed by atoms with Gasteiger partial charge in [-0.05, 0) is 24.3 Å². The second-order valence-corrected chi connectivity index (χ2v) is 6.64.